The van der Waals surface area contributed by atoms with E-state index < -0.39 is 0 Å². The van der Waals surface area contributed by atoms with Gasteiger partial charge >= 0.3 is 0 Å². The Morgan fingerprint density at radius 2 is 1.62 bits per heavy atom. The fourth-order valence-corrected chi connectivity index (χ4v) is 2.24. The number of hydrogen-bond donors (Lipinski definition) is 0. The van der Waals surface area contributed by atoms with Crippen molar-refractivity contribution in [2.45, 2.75) is 51.8 Å². The van der Waals surface area contributed by atoms with Gasteiger partial charge < -0.3 is 0 Å². The third kappa shape index (κ3) is 3.83. The largest absolute Gasteiger partial charge is 0.123 e. The van der Waals surface area contributed by atoms with E-state index in [2.05, 4.69) is 52.0 Å². The Morgan fingerprint density at radius 3 is 2.00 bits per heavy atom. The van der Waals surface area contributed by atoms with Crippen molar-refractivity contribution in [1.82, 2.24) is 0 Å². The average molecular weight is 239 g/mol. The van der Waals surface area contributed by atoms with E-state index in [-0.39, 0.29) is 5.38 Å². The van der Waals surface area contributed by atoms with Gasteiger partial charge in [-0.1, -0.05) is 51.5 Å². The van der Waals surface area contributed by atoms with E-state index in [9.17, 15) is 0 Å². The molecule has 16 heavy (non-hydrogen) atoms. The van der Waals surface area contributed by atoms with E-state index in [0.29, 0.717) is 11.8 Å². The van der Waals surface area contributed by atoms with Gasteiger partial charge in [-0.2, -0.15) is 0 Å². The number of hydrogen-bond acceptors (Lipinski definition) is 0. The molecule has 0 bridgehead atoms. The molecule has 0 amide bonds. The molecular weight excluding hydrogens is 216 g/mol. The predicted octanol–water partition coefficient (Wildman–Crippen LogP) is 5.01. The molecule has 2 atom stereocenters. The van der Waals surface area contributed by atoms with Crippen LogP contribution in [0.5, 0.6) is 0 Å². The maximum absolute atomic E-state index is 6.18. The number of halogens is 1. The summed E-state index contributed by atoms with van der Waals surface area (Å²) in [5.41, 5.74) is 2.82. The number of benzene rings is 1. The highest BCUT2D eigenvalue weighted by Crippen LogP contribution is 2.21. The standard InChI is InChI=1S/C15H23Cl/c1-5-14(12(4)16)10-13-6-8-15(9-7-13)11(2)3/h6-9,11-12,14H,5,10H2,1-4H3. The van der Waals surface area contributed by atoms with E-state index in [1.54, 1.807) is 0 Å². The van der Waals surface area contributed by atoms with Crippen LogP contribution < -0.4 is 0 Å². The van der Waals surface area contributed by atoms with Gasteiger partial charge in [-0.3, -0.25) is 0 Å². The maximum atomic E-state index is 6.18. The highest BCUT2D eigenvalue weighted by Gasteiger charge is 2.13. The lowest BCUT2D eigenvalue weighted by Gasteiger charge is -2.17. The van der Waals surface area contributed by atoms with Gasteiger partial charge in [0.25, 0.3) is 0 Å². The summed E-state index contributed by atoms with van der Waals surface area (Å²) in [5, 5.41) is 0.259. The van der Waals surface area contributed by atoms with Gasteiger partial charge in [0.15, 0.2) is 0 Å². The Morgan fingerprint density at radius 1 is 1.06 bits per heavy atom. The highest BCUT2D eigenvalue weighted by atomic mass is 35.5. The van der Waals surface area contributed by atoms with Crippen molar-refractivity contribution in [3.05, 3.63) is 35.4 Å². The molecule has 1 heteroatoms. The van der Waals surface area contributed by atoms with Gasteiger partial charge in [-0.25, -0.2) is 0 Å². The summed E-state index contributed by atoms with van der Waals surface area (Å²) in [5.74, 6) is 1.20. The van der Waals surface area contributed by atoms with Crippen molar-refractivity contribution in [1.29, 1.82) is 0 Å². The number of rotatable bonds is 5. The van der Waals surface area contributed by atoms with Gasteiger partial charge in [0.2, 0.25) is 0 Å². The van der Waals surface area contributed by atoms with Gasteiger partial charge in [0, 0.05) is 5.38 Å². The van der Waals surface area contributed by atoms with Crippen molar-refractivity contribution in [2.75, 3.05) is 0 Å². The van der Waals surface area contributed by atoms with Crippen molar-refractivity contribution < 1.29 is 0 Å². The third-order valence-corrected chi connectivity index (χ3v) is 3.67. The SMILES string of the molecule is CCC(Cc1ccc(C(C)C)cc1)C(C)Cl. The summed E-state index contributed by atoms with van der Waals surface area (Å²) in [6.45, 7) is 8.76. The zero-order valence-electron chi connectivity index (χ0n) is 10.8. The first-order valence-corrected chi connectivity index (χ1v) is 6.71. The van der Waals surface area contributed by atoms with Crippen LogP contribution in [0.15, 0.2) is 24.3 Å². The molecule has 0 nitrogen and oxygen atoms in total. The summed E-state index contributed by atoms with van der Waals surface area (Å²) in [7, 11) is 0. The predicted molar refractivity (Wildman–Crippen MR) is 73.3 cm³/mol. The monoisotopic (exact) mass is 238 g/mol. The highest BCUT2D eigenvalue weighted by molar-refractivity contribution is 6.20. The lowest BCUT2D eigenvalue weighted by Crippen LogP contribution is -2.13. The molecule has 0 saturated carbocycles. The van der Waals surface area contributed by atoms with Crippen LogP contribution in [0.25, 0.3) is 0 Å². The van der Waals surface area contributed by atoms with Crippen molar-refractivity contribution in [3.63, 3.8) is 0 Å². The van der Waals surface area contributed by atoms with E-state index in [0.717, 1.165) is 12.8 Å². The van der Waals surface area contributed by atoms with E-state index >= 15 is 0 Å². The summed E-state index contributed by atoms with van der Waals surface area (Å²) in [4.78, 5) is 0. The first-order chi connectivity index (χ1) is 7.54. The maximum Gasteiger partial charge on any atom is 0.0339 e. The minimum absolute atomic E-state index is 0.259. The van der Waals surface area contributed by atoms with E-state index in [4.69, 9.17) is 11.6 Å². The Kier molecular flexibility index (Phi) is 5.34. The van der Waals surface area contributed by atoms with Crippen LogP contribution in [0, 0.1) is 5.92 Å². The first kappa shape index (κ1) is 13.6. The molecule has 0 spiro atoms. The van der Waals surface area contributed by atoms with Crippen LogP contribution in [0.4, 0.5) is 0 Å². The molecule has 0 radical (unpaired) electrons. The quantitative estimate of drug-likeness (QED) is 0.633. The summed E-state index contributed by atoms with van der Waals surface area (Å²) >= 11 is 6.18. The molecule has 0 fully saturated rings. The topological polar surface area (TPSA) is 0 Å². The molecule has 0 N–H and O–H groups in total. The van der Waals surface area contributed by atoms with Gasteiger partial charge in [-0.05, 0) is 36.3 Å². The molecule has 0 aliphatic rings. The second-order valence-corrected chi connectivity index (χ2v) is 5.63. The van der Waals surface area contributed by atoms with Crippen LogP contribution in [-0.4, -0.2) is 5.38 Å². The third-order valence-electron chi connectivity index (χ3n) is 3.32. The smallest absolute Gasteiger partial charge is 0.0339 e. The van der Waals surface area contributed by atoms with Crippen LogP contribution in [0.1, 0.15) is 51.2 Å². The molecule has 2 unspecified atom stereocenters. The summed E-state index contributed by atoms with van der Waals surface area (Å²) in [6, 6.07) is 8.98. The van der Waals surface area contributed by atoms with Crippen molar-refractivity contribution in [2.24, 2.45) is 5.92 Å². The normalized spacial score (nSPS) is 15.1. The van der Waals surface area contributed by atoms with Crippen LogP contribution in [0.2, 0.25) is 0 Å². The van der Waals surface area contributed by atoms with Crippen LogP contribution in [0.3, 0.4) is 0 Å². The fourth-order valence-electron chi connectivity index (χ4n) is 1.97. The average Bonchev–Trinajstić information content (AvgIpc) is 2.26. The number of alkyl halides is 1. The molecule has 1 rings (SSSR count). The first-order valence-electron chi connectivity index (χ1n) is 6.27. The zero-order chi connectivity index (χ0) is 12.1. The summed E-state index contributed by atoms with van der Waals surface area (Å²) in [6.07, 6.45) is 2.25. The Labute approximate surface area is 105 Å². The van der Waals surface area contributed by atoms with Gasteiger partial charge in [-0.15, -0.1) is 11.6 Å². The minimum Gasteiger partial charge on any atom is -0.123 e. The van der Waals surface area contributed by atoms with E-state index in [1.165, 1.54) is 11.1 Å². The summed E-state index contributed by atoms with van der Waals surface area (Å²) < 4.78 is 0. The second kappa shape index (κ2) is 6.30. The van der Waals surface area contributed by atoms with Crippen LogP contribution in [-0.2, 0) is 6.42 Å². The van der Waals surface area contributed by atoms with Crippen LogP contribution >= 0.6 is 11.6 Å². The molecule has 0 aliphatic heterocycles. The van der Waals surface area contributed by atoms with E-state index in [1.807, 2.05) is 0 Å². The van der Waals surface area contributed by atoms with Gasteiger partial charge in [0.1, 0.15) is 0 Å². The Hall–Kier alpha value is -0.490. The molecule has 0 heterocycles. The Balaban J connectivity index is 2.67. The molecule has 1 aromatic carbocycles. The zero-order valence-corrected chi connectivity index (χ0v) is 11.6. The molecule has 0 aromatic heterocycles. The van der Waals surface area contributed by atoms with Crippen molar-refractivity contribution in [3.8, 4) is 0 Å². The molecule has 0 saturated heterocycles. The minimum atomic E-state index is 0.259. The van der Waals surface area contributed by atoms with Crippen molar-refractivity contribution >= 4 is 11.6 Å². The van der Waals surface area contributed by atoms with Gasteiger partial charge in [0.05, 0.1) is 0 Å². The fraction of sp³-hybridized carbons (Fsp3) is 0.600. The molecule has 0 aliphatic carbocycles. The lowest BCUT2D eigenvalue weighted by atomic mass is 9.93. The molecular formula is C15H23Cl. The second-order valence-electron chi connectivity index (χ2n) is 4.95. The lowest BCUT2D eigenvalue weighted by molar-refractivity contribution is 0.497. The Bertz CT molecular complexity index is 298. The molecule has 1 aromatic rings. The molecule has 90 valence electrons.